The van der Waals surface area contributed by atoms with Crippen LogP contribution in [0.15, 0.2) is 23.2 Å². The predicted molar refractivity (Wildman–Crippen MR) is 134 cm³/mol. The lowest BCUT2D eigenvalue weighted by molar-refractivity contribution is 0.0368. The molecule has 1 saturated carbocycles. The zero-order valence-electron chi connectivity index (χ0n) is 18.2. The van der Waals surface area contributed by atoms with Crippen LogP contribution >= 0.6 is 35.6 Å². The fourth-order valence-corrected chi connectivity index (χ4v) is 3.85. The topological polar surface area (TPSA) is 69.1 Å². The summed E-state index contributed by atoms with van der Waals surface area (Å²) in [4.78, 5) is 6.86. The van der Waals surface area contributed by atoms with Crippen molar-refractivity contribution in [2.24, 2.45) is 10.9 Å². The molecule has 6 nitrogen and oxygen atoms in total. The van der Waals surface area contributed by atoms with Crippen LogP contribution in [-0.2, 0) is 11.3 Å². The standard InChI is InChI=1S/C22H34ClFN4O2.HI/c1-2-25-22(26-11-20(29)15-30-14-16-5-6-16)27-19-4-3-9-28(13-19)12-17-7-8-18(24)10-21(17)23;/h7-8,10,16,19-20,29H,2-6,9,11-15H2,1H3,(H2,25,26,27);1H. The van der Waals surface area contributed by atoms with Gasteiger partial charge in [0.25, 0.3) is 0 Å². The van der Waals surface area contributed by atoms with E-state index in [2.05, 4.69) is 20.5 Å². The molecule has 0 aromatic heterocycles. The maximum atomic E-state index is 13.3. The number of aliphatic hydroxyl groups is 1. The van der Waals surface area contributed by atoms with E-state index in [-0.39, 0.29) is 35.8 Å². The summed E-state index contributed by atoms with van der Waals surface area (Å²) < 4.78 is 18.8. The molecule has 3 rings (SSSR count). The van der Waals surface area contributed by atoms with Crippen molar-refractivity contribution < 1.29 is 14.2 Å². The van der Waals surface area contributed by atoms with Gasteiger partial charge >= 0.3 is 0 Å². The Morgan fingerprint density at radius 1 is 1.39 bits per heavy atom. The van der Waals surface area contributed by atoms with Crippen molar-refractivity contribution in [1.82, 2.24) is 15.5 Å². The van der Waals surface area contributed by atoms with Crippen LogP contribution in [0.4, 0.5) is 4.39 Å². The van der Waals surface area contributed by atoms with Crippen molar-refractivity contribution in [3.05, 3.63) is 34.6 Å². The van der Waals surface area contributed by atoms with E-state index in [1.54, 1.807) is 6.07 Å². The zero-order chi connectivity index (χ0) is 21.3. The normalized spacial score (nSPS) is 20.8. The molecular formula is C22H35ClFIN4O2. The summed E-state index contributed by atoms with van der Waals surface area (Å²) in [5.41, 5.74) is 0.939. The Kier molecular flexibility index (Phi) is 11.8. The first-order valence-electron chi connectivity index (χ1n) is 11.0. The molecule has 2 aliphatic rings. The van der Waals surface area contributed by atoms with Gasteiger partial charge in [-0.15, -0.1) is 24.0 Å². The van der Waals surface area contributed by atoms with Crippen LogP contribution in [0.3, 0.4) is 0 Å². The quantitative estimate of drug-likeness (QED) is 0.229. The summed E-state index contributed by atoms with van der Waals surface area (Å²) in [5.74, 6) is 1.10. The number of halogens is 3. The van der Waals surface area contributed by atoms with Crippen molar-refractivity contribution >= 4 is 41.5 Å². The number of piperidine rings is 1. The van der Waals surface area contributed by atoms with Gasteiger partial charge in [-0.3, -0.25) is 9.89 Å². The average molecular weight is 569 g/mol. The van der Waals surface area contributed by atoms with Gasteiger partial charge in [-0.2, -0.15) is 0 Å². The zero-order valence-corrected chi connectivity index (χ0v) is 21.2. The Balaban J connectivity index is 0.00000341. The number of aliphatic hydroxyl groups excluding tert-OH is 1. The summed E-state index contributed by atoms with van der Waals surface area (Å²) in [6.45, 7) is 6.69. The van der Waals surface area contributed by atoms with Crippen LogP contribution in [-0.4, -0.2) is 67.5 Å². The summed E-state index contributed by atoms with van der Waals surface area (Å²) in [7, 11) is 0. The summed E-state index contributed by atoms with van der Waals surface area (Å²) >= 11 is 6.19. The number of nitrogens with one attached hydrogen (secondary N) is 2. The molecule has 0 bridgehead atoms. The Morgan fingerprint density at radius 2 is 2.19 bits per heavy atom. The van der Waals surface area contributed by atoms with Crippen LogP contribution in [0.25, 0.3) is 0 Å². The highest BCUT2D eigenvalue weighted by atomic mass is 127. The van der Waals surface area contributed by atoms with Crippen LogP contribution < -0.4 is 10.6 Å². The van der Waals surface area contributed by atoms with Crippen LogP contribution in [0.1, 0.15) is 38.2 Å². The third-order valence-corrected chi connectivity index (χ3v) is 5.77. The molecule has 1 aromatic carbocycles. The van der Waals surface area contributed by atoms with Gasteiger partial charge in [0.2, 0.25) is 0 Å². The fourth-order valence-electron chi connectivity index (χ4n) is 3.63. The second-order valence-corrected chi connectivity index (χ2v) is 8.72. The van der Waals surface area contributed by atoms with E-state index in [9.17, 15) is 9.50 Å². The van der Waals surface area contributed by atoms with E-state index in [1.807, 2.05) is 6.92 Å². The van der Waals surface area contributed by atoms with Gasteiger partial charge in [-0.25, -0.2) is 4.39 Å². The molecule has 0 radical (unpaired) electrons. The van der Waals surface area contributed by atoms with E-state index in [0.29, 0.717) is 36.6 Å². The first-order chi connectivity index (χ1) is 14.5. The molecule has 31 heavy (non-hydrogen) atoms. The fraction of sp³-hybridized carbons (Fsp3) is 0.682. The number of guanidine groups is 1. The molecule has 1 heterocycles. The van der Waals surface area contributed by atoms with Crippen molar-refractivity contribution in [2.45, 2.75) is 51.3 Å². The highest BCUT2D eigenvalue weighted by molar-refractivity contribution is 14.0. The van der Waals surface area contributed by atoms with Crippen molar-refractivity contribution in [1.29, 1.82) is 0 Å². The van der Waals surface area contributed by atoms with E-state index in [0.717, 1.165) is 44.6 Å². The number of ether oxygens (including phenoxy) is 1. The smallest absolute Gasteiger partial charge is 0.191 e. The molecule has 1 saturated heterocycles. The minimum Gasteiger partial charge on any atom is -0.389 e. The largest absolute Gasteiger partial charge is 0.389 e. The second-order valence-electron chi connectivity index (χ2n) is 8.31. The van der Waals surface area contributed by atoms with Crippen molar-refractivity contribution in [3.8, 4) is 0 Å². The Bertz CT molecular complexity index is 708. The Morgan fingerprint density at radius 3 is 2.90 bits per heavy atom. The lowest BCUT2D eigenvalue weighted by Gasteiger charge is -2.34. The number of hydrogen-bond acceptors (Lipinski definition) is 4. The molecule has 0 amide bonds. The number of likely N-dealkylation sites (tertiary alicyclic amines) is 1. The Hall–Kier alpha value is -0.680. The summed E-state index contributed by atoms with van der Waals surface area (Å²) in [6.07, 6.45) is 4.00. The Labute approximate surface area is 207 Å². The SMILES string of the molecule is CCNC(=NCC(O)COCC1CC1)NC1CCCN(Cc2ccc(F)cc2Cl)C1.I. The van der Waals surface area contributed by atoms with Crippen molar-refractivity contribution in [2.75, 3.05) is 39.4 Å². The molecule has 1 aliphatic carbocycles. The van der Waals surface area contributed by atoms with Gasteiger partial charge in [-0.05, 0) is 62.8 Å². The maximum Gasteiger partial charge on any atom is 0.191 e. The molecule has 2 atom stereocenters. The maximum absolute atomic E-state index is 13.3. The lowest BCUT2D eigenvalue weighted by atomic mass is 10.0. The minimum absolute atomic E-state index is 0. The van der Waals surface area contributed by atoms with Gasteiger partial charge in [0, 0.05) is 37.3 Å². The molecular weight excluding hydrogens is 534 g/mol. The van der Waals surface area contributed by atoms with Gasteiger partial charge in [0.05, 0.1) is 19.3 Å². The third kappa shape index (κ3) is 9.77. The molecule has 2 fully saturated rings. The molecule has 3 N–H and O–H groups in total. The van der Waals surface area contributed by atoms with Gasteiger partial charge in [-0.1, -0.05) is 17.7 Å². The molecule has 9 heteroatoms. The van der Waals surface area contributed by atoms with Gasteiger partial charge in [0.1, 0.15) is 5.82 Å². The molecule has 1 aliphatic heterocycles. The highest BCUT2D eigenvalue weighted by Gasteiger charge is 2.23. The number of rotatable bonds is 10. The average Bonchev–Trinajstić information content (AvgIpc) is 3.53. The number of benzene rings is 1. The van der Waals surface area contributed by atoms with E-state index in [4.69, 9.17) is 16.3 Å². The summed E-state index contributed by atoms with van der Waals surface area (Å²) in [5, 5.41) is 17.3. The van der Waals surface area contributed by atoms with Crippen LogP contribution in [0.2, 0.25) is 5.02 Å². The van der Waals surface area contributed by atoms with Crippen molar-refractivity contribution in [3.63, 3.8) is 0 Å². The number of nitrogens with zero attached hydrogens (tertiary/aromatic N) is 2. The van der Waals surface area contributed by atoms with Crippen LogP contribution in [0, 0.1) is 11.7 Å². The first kappa shape index (κ1) is 26.6. The molecule has 2 unspecified atom stereocenters. The minimum atomic E-state index is -0.595. The van der Waals surface area contributed by atoms with Gasteiger partial charge in [0.15, 0.2) is 5.96 Å². The van der Waals surface area contributed by atoms with Gasteiger partial charge < -0.3 is 20.5 Å². The predicted octanol–water partition coefficient (Wildman–Crippen LogP) is 3.40. The summed E-state index contributed by atoms with van der Waals surface area (Å²) in [6, 6.07) is 4.83. The molecule has 1 aromatic rings. The second kappa shape index (κ2) is 13.8. The highest BCUT2D eigenvalue weighted by Crippen LogP contribution is 2.28. The van der Waals surface area contributed by atoms with E-state index < -0.39 is 6.10 Å². The first-order valence-corrected chi connectivity index (χ1v) is 11.4. The monoisotopic (exact) mass is 568 g/mol. The number of hydrogen-bond donors (Lipinski definition) is 3. The van der Waals surface area contributed by atoms with E-state index >= 15 is 0 Å². The molecule has 0 spiro atoms. The van der Waals surface area contributed by atoms with E-state index in [1.165, 1.54) is 25.0 Å². The number of aliphatic imine (C=N–C) groups is 1. The lowest BCUT2D eigenvalue weighted by Crippen LogP contribution is -2.51. The third-order valence-electron chi connectivity index (χ3n) is 5.42. The molecule has 176 valence electrons. The van der Waals surface area contributed by atoms with Crippen LogP contribution in [0.5, 0.6) is 0 Å².